The van der Waals surface area contributed by atoms with E-state index in [9.17, 15) is 4.79 Å². The van der Waals surface area contributed by atoms with Crippen LogP contribution in [0.15, 0.2) is 59.1 Å². The van der Waals surface area contributed by atoms with Gasteiger partial charge >= 0.3 is 5.97 Å². The molecule has 0 aliphatic carbocycles. The normalized spacial score (nSPS) is 10.8. The van der Waals surface area contributed by atoms with E-state index in [1.54, 1.807) is 0 Å². The average Bonchev–Trinajstić information content (AvgIpc) is 2.88. The lowest BCUT2D eigenvalue weighted by atomic mass is 10.2. The van der Waals surface area contributed by atoms with Gasteiger partial charge in [0.15, 0.2) is 0 Å². The fourth-order valence-electron chi connectivity index (χ4n) is 2.43. The molecule has 0 spiro atoms. The van der Waals surface area contributed by atoms with E-state index in [1.807, 2.05) is 59.2 Å². The van der Waals surface area contributed by atoms with Crippen LogP contribution in [0.1, 0.15) is 16.1 Å². The van der Waals surface area contributed by atoms with Gasteiger partial charge in [-0.2, -0.15) is 0 Å². The van der Waals surface area contributed by atoms with Crippen molar-refractivity contribution in [1.82, 2.24) is 4.57 Å². The number of aromatic nitrogens is 1. The zero-order valence-electron chi connectivity index (χ0n) is 11.5. The van der Waals surface area contributed by atoms with Crippen LogP contribution in [0.3, 0.4) is 0 Å². The molecular formula is C17H14BrNO2. The number of carbonyl (C=O) groups excluding carboxylic acids is 1. The minimum absolute atomic E-state index is 0.316. The highest BCUT2D eigenvalue weighted by Crippen LogP contribution is 2.22. The number of benzene rings is 2. The highest BCUT2D eigenvalue weighted by molar-refractivity contribution is 9.10. The number of fused-ring (bicyclic) bond motifs is 1. The molecule has 21 heavy (non-hydrogen) atoms. The molecule has 3 aromatic rings. The molecule has 4 heteroatoms. The van der Waals surface area contributed by atoms with Gasteiger partial charge in [0.2, 0.25) is 0 Å². The molecule has 0 amide bonds. The van der Waals surface area contributed by atoms with Crippen molar-refractivity contribution in [1.29, 1.82) is 0 Å². The summed E-state index contributed by atoms with van der Waals surface area (Å²) in [5.41, 5.74) is 2.73. The van der Waals surface area contributed by atoms with Crippen LogP contribution in [0.2, 0.25) is 0 Å². The molecule has 0 saturated carbocycles. The Bertz CT molecular complexity index is 790. The predicted octanol–water partition coefficient (Wildman–Crippen LogP) is 4.24. The lowest BCUT2D eigenvalue weighted by molar-refractivity contribution is 0.0589. The fraction of sp³-hybridized carbons (Fsp3) is 0.118. The van der Waals surface area contributed by atoms with E-state index in [-0.39, 0.29) is 5.97 Å². The van der Waals surface area contributed by atoms with Gasteiger partial charge in [0, 0.05) is 21.9 Å². The van der Waals surface area contributed by atoms with Crippen molar-refractivity contribution in [2.24, 2.45) is 0 Å². The molecule has 0 saturated heterocycles. The highest BCUT2D eigenvalue weighted by atomic mass is 79.9. The maximum Gasteiger partial charge on any atom is 0.354 e. The van der Waals surface area contributed by atoms with Gasteiger partial charge in [-0.25, -0.2) is 4.79 Å². The summed E-state index contributed by atoms with van der Waals surface area (Å²) >= 11 is 3.43. The molecule has 0 unspecified atom stereocenters. The molecule has 1 aromatic heterocycles. The molecule has 1 heterocycles. The number of carbonyl (C=O) groups is 1. The Kier molecular flexibility index (Phi) is 3.80. The van der Waals surface area contributed by atoms with E-state index in [4.69, 9.17) is 4.74 Å². The maximum atomic E-state index is 12.0. The monoisotopic (exact) mass is 343 g/mol. The van der Waals surface area contributed by atoms with Gasteiger partial charge in [-0.1, -0.05) is 46.3 Å². The van der Waals surface area contributed by atoms with Crippen LogP contribution in [0.5, 0.6) is 0 Å². The molecular weight excluding hydrogens is 330 g/mol. The van der Waals surface area contributed by atoms with Crippen molar-refractivity contribution in [3.63, 3.8) is 0 Å². The number of nitrogens with zero attached hydrogens (tertiary/aromatic N) is 1. The first-order valence-electron chi connectivity index (χ1n) is 6.60. The summed E-state index contributed by atoms with van der Waals surface area (Å²) in [7, 11) is 1.41. The lowest BCUT2D eigenvalue weighted by Crippen LogP contribution is -2.11. The molecule has 0 aliphatic heterocycles. The van der Waals surface area contributed by atoms with Crippen LogP contribution in [0, 0.1) is 0 Å². The van der Waals surface area contributed by atoms with E-state index in [2.05, 4.69) is 15.9 Å². The number of rotatable bonds is 3. The number of methoxy groups -OCH3 is 1. The summed E-state index contributed by atoms with van der Waals surface area (Å²) in [5, 5.41) is 1.04. The first-order chi connectivity index (χ1) is 10.2. The second-order valence-electron chi connectivity index (χ2n) is 4.79. The summed E-state index contributed by atoms with van der Waals surface area (Å²) < 4.78 is 7.93. The quantitative estimate of drug-likeness (QED) is 0.666. The lowest BCUT2D eigenvalue weighted by Gasteiger charge is -2.10. The maximum absolute atomic E-state index is 12.0. The van der Waals surface area contributed by atoms with Crippen LogP contribution in [-0.2, 0) is 11.3 Å². The summed E-state index contributed by atoms with van der Waals surface area (Å²) in [5.74, 6) is -0.316. The van der Waals surface area contributed by atoms with E-state index in [1.165, 1.54) is 7.11 Å². The third-order valence-corrected chi connectivity index (χ3v) is 3.99. The summed E-state index contributed by atoms with van der Waals surface area (Å²) in [6, 6.07) is 17.9. The Morgan fingerprint density at radius 2 is 1.86 bits per heavy atom. The van der Waals surface area contributed by atoms with Gasteiger partial charge in [0.05, 0.1) is 7.11 Å². The Hall–Kier alpha value is -2.07. The minimum Gasteiger partial charge on any atom is -0.464 e. The molecule has 3 rings (SSSR count). The first-order valence-corrected chi connectivity index (χ1v) is 7.39. The Morgan fingerprint density at radius 3 is 2.57 bits per heavy atom. The van der Waals surface area contributed by atoms with E-state index >= 15 is 0 Å². The highest BCUT2D eigenvalue weighted by Gasteiger charge is 2.15. The van der Waals surface area contributed by atoms with Crippen molar-refractivity contribution in [2.45, 2.75) is 6.54 Å². The average molecular weight is 344 g/mol. The summed E-state index contributed by atoms with van der Waals surface area (Å²) in [4.78, 5) is 12.0. The molecule has 0 N–H and O–H groups in total. The molecule has 0 radical (unpaired) electrons. The molecule has 106 valence electrons. The fourth-order valence-corrected chi connectivity index (χ4v) is 2.69. The number of hydrogen-bond donors (Lipinski definition) is 0. The minimum atomic E-state index is -0.316. The topological polar surface area (TPSA) is 31.2 Å². The van der Waals surface area contributed by atoms with Crippen LogP contribution in [-0.4, -0.2) is 17.6 Å². The predicted molar refractivity (Wildman–Crippen MR) is 86.5 cm³/mol. The van der Waals surface area contributed by atoms with Crippen LogP contribution < -0.4 is 0 Å². The van der Waals surface area contributed by atoms with Gasteiger partial charge in [0.25, 0.3) is 0 Å². The second-order valence-corrected chi connectivity index (χ2v) is 5.71. The molecule has 2 aromatic carbocycles. The van der Waals surface area contributed by atoms with Gasteiger partial charge < -0.3 is 9.30 Å². The van der Waals surface area contributed by atoms with Gasteiger partial charge in [-0.15, -0.1) is 0 Å². The van der Waals surface area contributed by atoms with Gasteiger partial charge in [-0.3, -0.25) is 0 Å². The third-order valence-electron chi connectivity index (χ3n) is 3.46. The van der Waals surface area contributed by atoms with E-state index in [0.29, 0.717) is 12.2 Å². The van der Waals surface area contributed by atoms with Crippen molar-refractivity contribution in [3.05, 3.63) is 70.3 Å². The zero-order valence-corrected chi connectivity index (χ0v) is 13.1. The smallest absolute Gasteiger partial charge is 0.354 e. The number of halogens is 1. The first kappa shape index (κ1) is 13.9. The number of ether oxygens (including phenoxy) is 1. The second kappa shape index (κ2) is 5.74. The Morgan fingerprint density at radius 1 is 1.14 bits per heavy atom. The van der Waals surface area contributed by atoms with Crippen LogP contribution in [0.25, 0.3) is 10.9 Å². The van der Waals surface area contributed by atoms with Crippen LogP contribution in [0.4, 0.5) is 0 Å². The molecule has 0 fully saturated rings. The molecule has 0 bridgehead atoms. The summed E-state index contributed by atoms with van der Waals surface area (Å²) in [6.07, 6.45) is 0. The zero-order chi connectivity index (χ0) is 14.8. The molecule has 3 nitrogen and oxygen atoms in total. The molecule has 0 atom stereocenters. The van der Waals surface area contributed by atoms with Crippen molar-refractivity contribution < 1.29 is 9.53 Å². The number of esters is 1. The van der Waals surface area contributed by atoms with Gasteiger partial charge in [-0.05, 0) is 29.8 Å². The third kappa shape index (κ3) is 2.72. The number of hydrogen-bond acceptors (Lipinski definition) is 2. The van der Waals surface area contributed by atoms with Crippen LogP contribution >= 0.6 is 15.9 Å². The Balaban J connectivity index is 2.10. The van der Waals surface area contributed by atoms with Crippen molar-refractivity contribution in [2.75, 3.05) is 7.11 Å². The van der Waals surface area contributed by atoms with E-state index in [0.717, 1.165) is 20.9 Å². The largest absolute Gasteiger partial charge is 0.464 e. The SMILES string of the molecule is COC(=O)c1cc2ccccc2n1Cc1ccc(Br)cc1. The van der Waals surface area contributed by atoms with Crippen molar-refractivity contribution >= 4 is 32.8 Å². The summed E-state index contributed by atoms with van der Waals surface area (Å²) in [6.45, 7) is 0.630. The van der Waals surface area contributed by atoms with E-state index < -0.39 is 0 Å². The van der Waals surface area contributed by atoms with Crippen molar-refractivity contribution in [3.8, 4) is 0 Å². The van der Waals surface area contributed by atoms with Gasteiger partial charge in [0.1, 0.15) is 5.69 Å². The number of para-hydroxylation sites is 1. The standard InChI is InChI=1S/C17H14BrNO2/c1-21-17(20)16-10-13-4-2-3-5-15(13)19(16)11-12-6-8-14(18)9-7-12/h2-10H,11H2,1H3. The Labute approximate surface area is 131 Å². The molecule has 0 aliphatic rings.